The Hall–Kier alpha value is -2.40. The predicted octanol–water partition coefficient (Wildman–Crippen LogP) is 3.69. The first-order valence-electron chi connectivity index (χ1n) is 6.45. The van der Waals surface area contributed by atoms with Gasteiger partial charge in [-0.25, -0.2) is 0 Å². The third-order valence-electron chi connectivity index (χ3n) is 3.04. The lowest BCUT2D eigenvalue weighted by Gasteiger charge is -2.18. The highest BCUT2D eigenvalue weighted by Crippen LogP contribution is 2.37. The van der Waals surface area contributed by atoms with Crippen molar-refractivity contribution < 1.29 is 9.53 Å². The molecule has 0 spiro atoms. The fraction of sp³-hybridized carbons (Fsp3) is 0.0625. The number of amides is 1. The minimum atomic E-state index is -0.0975. The summed E-state index contributed by atoms with van der Waals surface area (Å²) in [6.45, 7) is 0. The first-order valence-corrected chi connectivity index (χ1v) is 7.27. The van der Waals surface area contributed by atoms with Gasteiger partial charge in [0.15, 0.2) is 0 Å². The third kappa shape index (κ3) is 3.03. The summed E-state index contributed by atoms with van der Waals surface area (Å²) in [6, 6.07) is 15.3. The van der Waals surface area contributed by atoms with E-state index in [9.17, 15) is 4.79 Å². The van der Waals surface area contributed by atoms with Gasteiger partial charge in [-0.15, -0.1) is 0 Å². The number of nitrogens with one attached hydrogen (secondary N) is 2. The van der Waals surface area contributed by atoms with Gasteiger partial charge in [0.05, 0.1) is 17.7 Å². The summed E-state index contributed by atoms with van der Waals surface area (Å²) < 4.78 is 5.11. The van der Waals surface area contributed by atoms with E-state index >= 15 is 0 Å². The molecule has 5 heteroatoms. The number of hydrogen-bond acceptors (Lipinski definition) is 4. The van der Waals surface area contributed by atoms with Gasteiger partial charge in [0.1, 0.15) is 5.75 Å². The van der Waals surface area contributed by atoms with E-state index in [-0.39, 0.29) is 5.91 Å². The molecule has 1 aliphatic heterocycles. The van der Waals surface area contributed by atoms with E-state index in [1.165, 1.54) is 11.8 Å². The second-order valence-corrected chi connectivity index (χ2v) is 5.52. The topological polar surface area (TPSA) is 50.4 Å². The molecule has 2 aromatic rings. The first kappa shape index (κ1) is 13.6. The van der Waals surface area contributed by atoms with Crippen LogP contribution in [0.1, 0.15) is 0 Å². The molecule has 2 aromatic carbocycles. The molecule has 0 aromatic heterocycles. The van der Waals surface area contributed by atoms with Crippen molar-refractivity contribution in [3.05, 3.63) is 59.6 Å². The largest absolute Gasteiger partial charge is 0.497 e. The molecule has 4 nitrogen and oxygen atoms in total. The predicted molar refractivity (Wildman–Crippen MR) is 85.6 cm³/mol. The Morgan fingerprint density at radius 1 is 1.14 bits per heavy atom. The van der Waals surface area contributed by atoms with Gasteiger partial charge in [0.25, 0.3) is 5.91 Å². The highest BCUT2D eigenvalue weighted by molar-refractivity contribution is 8.04. The van der Waals surface area contributed by atoms with Crippen molar-refractivity contribution in [2.75, 3.05) is 17.7 Å². The highest BCUT2D eigenvalue weighted by Gasteiger charge is 2.20. The molecule has 0 bridgehead atoms. The van der Waals surface area contributed by atoms with Crippen molar-refractivity contribution >= 4 is 29.0 Å². The Morgan fingerprint density at radius 2 is 1.90 bits per heavy atom. The van der Waals surface area contributed by atoms with Crippen LogP contribution in [0.4, 0.5) is 11.4 Å². The molecule has 0 fully saturated rings. The van der Waals surface area contributed by atoms with Gasteiger partial charge >= 0.3 is 0 Å². The number of para-hydroxylation sites is 1. The number of fused-ring (bicyclic) bond motifs is 1. The summed E-state index contributed by atoms with van der Waals surface area (Å²) in [6.07, 6.45) is 1.72. The fourth-order valence-electron chi connectivity index (χ4n) is 1.94. The minimum absolute atomic E-state index is 0.0975. The van der Waals surface area contributed by atoms with Gasteiger partial charge in [-0.05, 0) is 36.4 Å². The Kier molecular flexibility index (Phi) is 3.83. The average molecular weight is 298 g/mol. The zero-order valence-corrected chi connectivity index (χ0v) is 12.2. The molecular formula is C16H14N2O2S. The van der Waals surface area contributed by atoms with E-state index in [1.54, 1.807) is 13.3 Å². The number of carbonyl (C=O) groups excluding carboxylic acids is 1. The summed E-state index contributed by atoms with van der Waals surface area (Å²) in [5, 5.41) is 6.00. The van der Waals surface area contributed by atoms with Crippen LogP contribution < -0.4 is 15.4 Å². The number of methoxy groups -OCH3 is 1. The molecule has 3 rings (SSSR count). The molecular weight excluding hydrogens is 284 g/mol. The van der Waals surface area contributed by atoms with E-state index in [0.717, 1.165) is 22.0 Å². The van der Waals surface area contributed by atoms with E-state index in [1.807, 2.05) is 48.5 Å². The zero-order chi connectivity index (χ0) is 14.7. The van der Waals surface area contributed by atoms with Crippen molar-refractivity contribution in [3.8, 4) is 5.75 Å². The Morgan fingerprint density at radius 3 is 2.67 bits per heavy atom. The summed E-state index contributed by atoms with van der Waals surface area (Å²) in [5.74, 6) is 0.701. The molecule has 0 radical (unpaired) electrons. The smallest absolute Gasteiger partial charge is 0.263 e. The standard InChI is InChI=1S/C16H14N2O2S/c1-20-12-8-6-11(7-9-12)17-10-15-16(19)18-13-4-2-3-5-14(13)21-15/h2-10,17H,1H3,(H,18,19)/b15-10-. The maximum Gasteiger partial charge on any atom is 0.263 e. The quantitative estimate of drug-likeness (QED) is 0.849. The number of thioether (sulfide) groups is 1. The Bertz CT molecular complexity index is 696. The van der Waals surface area contributed by atoms with Gasteiger partial charge in [-0.2, -0.15) is 0 Å². The minimum Gasteiger partial charge on any atom is -0.497 e. The molecule has 0 aliphatic carbocycles. The van der Waals surface area contributed by atoms with Crippen LogP contribution in [-0.2, 0) is 4.79 Å². The maximum absolute atomic E-state index is 12.0. The Balaban J connectivity index is 1.75. The third-order valence-corrected chi connectivity index (χ3v) is 4.14. The van der Waals surface area contributed by atoms with E-state index in [0.29, 0.717) is 4.91 Å². The number of rotatable bonds is 3. The molecule has 21 heavy (non-hydrogen) atoms. The lowest BCUT2D eigenvalue weighted by molar-refractivity contribution is -0.112. The SMILES string of the molecule is COc1ccc(N/C=C2\Sc3ccccc3NC2=O)cc1. The normalized spacial score (nSPS) is 15.3. The summed E-state index contributed by atoms with van der Waals surface area (Å²) >= 11 is 1.45. The van der Waals surface area contributed by atoms with Crippen LogP contribution in [0.3, 0.4) is 0 Å². The van der Waals surface area contributed by atoms with Crippen LogP contribution in [0.25, 0.3) is 0 Å². The van der Waals surface area contributed by atoms with Crippen LogP contribution >= 0.6 is 11.8 Å². The van der Waals surface area contributed by atoms with Gasteiger partial charge < -0.3 is 15.4 Å². The number of hydrogen-bond donors (Lipinski definition) is 2. The molecule has 0 unspecified atom stereocenters. The monoisotopic (exact) mass is 298 g/mol. The van der Waals surface area contributed by atoms with Crippen molar-refractivity contribution in [3.63, 3.8) is 0 Å². The number of carbonyl (C=O) groups is 1. The van der Waals surface area contributed by atoms with Crippen molar-refractivity contribution in [2.24, 2.45) is 0 Å². The molecule has 1 amide bonds. The van der Waals surface area contributed by atoms with Crippen molar-refractivity contribution in [2.45, 2.75) is 4.90 Å². The number of ether oxygens (including phenoxy) is 1. The Labute approximate surface area is 127 Å². The molecule has 2 N–H and O–H groups in total. The van der Waals surface area contributed by atoms with Crippen LogP contribution in [0.15, 0.2) is 64.5 Å². The fourth-order valence-corrected chi connectivity index (χ4v) is 2.81. The molecule has 0 saturated carbocycles. The first-order chi connectivity index (χ1) is 10.3. The van der Waals surface area contributed by atoms with Crippen molar-refractivity contribution in [1.82, 2.24) is 0 Å². The molecule has 1 heterocycles. The second-order valence-electron chi connectivity index (χ2n) is 4.43. The molecule has 0 atom stereocenters. The summed E-state index contributed by atoms with van der Waals surface area (Å²) in [7, 11) is 1.63. The van der Waals surface area contributed by atoms with E-state index in [2.05, 4.69) is 10.6 Å². The van der Waals surface area contributed by atoms with Crippen LogP contribution in [0.5, 0.6) is 5.75 Å². The number of benzene rings is 2. The summed E-state index contributed by atoms with van der Waals surface area (Å²) in [4.78, 5) is 13.7. The van der Waals surface area contributed by atoms with Crippen molar-refractivity contribution in [1.29, 1.82) is 0 Å². The van der Waals surface area contributed by atoms with E-state index < -0.39 is 0 Å². The zero-order valence-electron chi connectivity index (χ0n) is 11.4. The number of anilines is 2. The summed E-state index contributed by atoms with van der Waals surface area (Å²) in [5.41, 5.74) is 1.75. The van der Waals surface area contributed by atoms with Gasteiger partial charge in [0, 0.05) is 16.8 Å². The van der Waals surface area contributed by atoms with Gasteiger partial charge in [-0.1, -0.05) is 23.9 Å². The van der Waals surface area contributed by atoms with Crippen LogP contribution in [0, 0.1) is 0 Å². The molecule has 106 valence electrons. The van der Waals surface area contributed by atoms with Gasteiger partial charge in [-0.3, -0.25) is 4.79 Å². The lowest BCUT2D eigenvalue weighted by atomic mass is 10.3. The highest BCUT2D eigenvalue weighted by atomic mass is 32.2. The van der Waals surface area contributed by atoms with Crippen LogP contribution in [0.2, 0.25) is 0 Å². The van der Waals surface area contributed by atoms with Crippen LogP contribution in [-0.4, -0.2) is 13.0 Å². The molecule has 0 saturated heterocycles. The van der Waals surface area contributed by atoms with Gasteiger partial charge in [0.2, 0.25) is 0 Å². The molecule has 1 aliphatic rings. The average Bonchev–Trinajstić information content (AvgIpc) is 2.53. The maximum atomic E-state index is 12.0. The van der Waals surface area contributed by atoms with E-state index in [4.69, 9.17) is 4.74 Å². The second kappa shape index (κ2) is 5.93. The lowest BCUT2D eigenvalue weighted by Crippen LogP contribution is -2.17.